The van der Waals surface area contributed by atoms with Crippen molar-refractivity contribution >= 4 is 12.6 Å². The summed E-state index contributed by atoms with van der Waals surface area (Å²) < 4.78 is 0. The van der Waals surface area contributed by atoms with Crippen LogP contribution in [0.25, 0.3) is 0 Å². The van der Waals surface area contributed by atoms with E-state index >= 15 is 0 Å². The lowest BCUT2D eigenvalue weighted by atomic mass is 9.86. The van der Waals surface area contributed by atoms with Crippen molar-refractivity contribution in [3.05, 3.63) is 35.4 Å². The second-order valence-corrected chi connectivity index (χ2v) is 6.10. The van der Waals surface area contributed by atoms with Crippen LogP contribution in [0.15, 0.2) is 24.3 Å². The summed E-state index contributed by atoms with van der Waals surface area (Å²) in [6.07, 6.45) is 0.187. The molecule has 1 aromatic rings. The molecule has 0 amide bonds. The average Bonchev–Trinajstić information content (AvgIpc) is 2.57. The molecule has 2 rings (SSSR count). The van der Waals surface area contributed by atoms with Crippen LogP contribution in [0.3, 0.4) is 0 Å². The topological polar surface area (TPSA) is 27.3 Å². The molecule has 1 aliphatic heterocycles. The van der Waals surface area contributed by atoms with Crippen LogP contribution in [0, 0.1) is 0 Å². The fraction of sp³-hybridized carbons (Fsp3) is 0.538. The van der Waals surface area contributed by atoms with Crippen LogP contribution in [0.1, 0.15) is 38.1 Å². The Hall–Kier alpha value is -0.550. The first-order valence-corrected chi connectivity index (χ1v) is 6.43. The molecule has 17 heavy (non-hydrogen) atoms. The largest absolute Gasteiger partial charge is 0.272 e. The Labute approximate surface area is 109 Å². The van der Waals surface area contributed by atoms with E-state index in [1.54, 1.807) is 0 Å². The van der Waals surface area contributed by atoms with Crippen LogP contribution in [0.5, 0.6) is 0 Å². The van der Waals surface area contributed by atoms with Crippen molar-refractivity contribution in [1.82, 2.24) is 15.8 Å². The standard InChI is InChI=1S/C13H21N3S/c1-13(2,3)10-7-5-9(6-8-10)11-14-12(17)15-16(11)4/h5-8,11-12,14-15,17H,1-4H3. The van der Waals surface area contributed by atoms with E-state index in [0.717, 1.165) is 0 Å². The van der Waals surface area contributed by atoms with Gasteiger partial charge in [-0.1, -0.05) is 45.0 Å². The highest BCUT2D eigenvalue weighted by atomic mass is 32.1. The van der Waals surface area contributed by atoms with Gasteiger partial charge in [0.15, 0.2) is 0 Å². The van der Waals surface area contributed by atoms with Crippen molar-refractivity contribution in [1.29, 1.82) is 0 Å². The Morgan fingerprint density at radius 2 is 1.76 bits per heavy atom. The van der Waals surface area contributed by atoms with E-state index in [2.05, 4.69) is 68.4 Å². The van der Waals surface area contributed by atoms with Gasteiger partial charge in [0.2, 0.25) is 0 Å². The van der Waals surface area contributed by atoms with Gasteiger partial charge in [-0.3, -0.25) is 5.32 Å². The van der Waals surface area contributed by atoms with E-state index in [9.17, 15) is 0 Å². The van der Waals surface area contributed by atoms with Crippen molar-refractivity contribution < 1.29 is 0 Å². The van der Waals surface area contributed by atoms with Gasteiger partial charge in [-0.2, -0.15) is 0 Å². The highest BCUT2D eigenvalue weighted by molar-refractivity contribution is 7.80. The van der Waals surface area contributed by atoms with Crippen LogP contribution in [0.4, 0.5) is 0 Å². The Bertz CT molecular complexity index is 383. The molecule has 4 heteroatoms. The normalized spacial score (nSPS) is 26.4. The molecular formula is C13H21N3S. The molecule has 1 aromatic carbocycles. The summed E-state index contributed by atoms with van der Waals surface area (Å²) in [5, 5.41) is 5.40. The fourth-order valence-electron chi connectivity index (χ4n) is 2.05. The van der Waals surface area contributed by atoms with Gasteiger partial charge in [0.1, 0.15) is 11.7 Å². The minimum Gasteiger partial charge on any atom is -0.272 e. The van der Waals surface area contributed by atoms with E-state index in [1.807, 2.05) is 12.1 Å². The maximum Gasteiger partial charge on any atom is 0.117 e. The Balaban J connectivity index is 2.19. The van der Waals surface area contributed by atoms with Gasteiger partial charge in [0.25, 0.3) is 0 Å². The zero-order valence-corrected chi connectivity index (χ0v) is 11.8. The van der Waals surface area contributed by atoms with Gasteiger partial charge in [0.05, 0.1) is 0 Å². The van der Waals surface area contributed by atoms with Crippen LogP contribution in [-0.2, 0) is 5.41 Å². The highest BCUT2D eigenvalue weighted by Crippen LogP contribution is 2.26. The number of nitrogens with zero attached hydrogens (tertiary/aromatic N) is 1. The quantitative estimate of drug-likeness (QED) is 0.668. The zero-order chi connectivity index (χ0) is 12.6. The first-order chi connectivity index (χ1) is 7.88. The molecular weight excluding hydrogens is 230 g/mol. The van der Waals surface area contributed by atoms with Gasteiger partial charge in [-0.15, -0.1) is 12.6 Å². The van der Waals surface area contributed by atoms with Crippen molar-refractivity contribution in [3.63, 3.8) is 0 Å². The maximum atomic E-state index is 4.36. The second kappa shape index (κ2) is 4.61. The molecule has 1 saturated heterocycles. The summed E-state index contributed by atoms with van der Waals surface area (Å²) in [5.74, 6) is 0. The van der Waals surface area contributed by atoms with Crippen LogP contribution < -0.4 is 10.7 Å². The number of nitrogens with one attached hydrogen (secondary N) is 2. The van der Waals surface area contributed by atoms with E-state index in [1.165, 1.54) is 11.1 Å². The summed E-state index contributed by atoms with van der Waals surface area (Å²) in [6, 6.07) is 8.78. The minimum absolute atomic E-state index is 0.0206. The minimum atomic E-state index is 0.0206. The number of rotatable bonds is 1. The molecule has 1 heterocycles. The molecule has 3 nitrogen and oxygen atoms in total. The summed E-state index contributed by atoms with van der Waals surface area (Å²) in [6.45, 7) is 6.69. The number of hydrazine groups is 1. The van der Waals surface area contributed by atoms with Crippen LogP contribution in [-0.4, -0.2) is 17.6 Å². The van der Waals surface area contributed by atoms with Gasteiger partial charge < -0.3 is 0 Å². The Kier molecular flexibility index (Phi) is 3.50. The molecule has 2 atom stereocenters. The third-order valence-electron chi connectivity index (χ3n) is 3.12. The lowest BCUT2D eigenvalue weighted by Gasteiger charge is -2.22. The van der Waals surface area contributed by atoms with E-state index in [0.29, 0.717) is 0 Å². The lowest BCUT2D eigenvalue weighted by Crippen LogP contribution is -2.30. The Morgan fingerprint density at radius 3 is 2.18 bits per heavy atom. The maximum absolute atomic E-state index is 4.36. The molecule has 2 unspecified atom stereocenters. The van der Waals surface area contributed by atoms with Gasteiger partial charge in [0, 0.05) is 7.05 Å². The lowest BCUT2D eigenvalue weighted by molar-refractivity contribution is 0.230. The predicted molar refractivity (Wildman–Crippen MR) is 74.7 cm³/mol. The van der Waals surface area contributed by atoms with Crippen molar-refractivity contribution in [2.24, 2.45) is 0 Å². The molecule has 0 aromatic heterocycles. The third kappa shape index (κ3) is 2.83. The van der Waals surface area contributed by atoms with Gasteiger partial charge in [-0.25, -0.2) is 10.4 Å². The van der Waals surface area contributed by atoms with Gasteiger partial charge >= 0.3 is 0 Å². The summed E-state index contributed by atoms with van der Waals surface area (Å²) in [7, 11) is 2.02. The Morgan fingerprint density at radius 1 is 1.18 bits per heavy atom. The molecule has 94 valence electrons. The highest BCUT2D eigenvalue weighted by Gasteiger charge is 2.27. The number of hydrogen-bond acceptors (Lipinski definition) is 4. The fourth-order valence-corrected chi connectivity index (χ4v) is 2.37. The number of hydrogen-bond donors (Lipinski definition) is 3. The molecule has 1 aliphatic rings. The van der Waals surface area contributed by atoms with Crippen molar-refractivity contribution in [2.45, 2.75) is 37.8 Å². The van der Waals surface area contributed by atoms with Crippen molar-refractivity contribution in [3.8, 4) is 0 Å². The van der Waals surface area contributed by atoms with Crippen LogP contribution in [0.2, 0.25) is 0 Å². The average molecular weight is 251 g/mol. The number of benzene rings is 1. The van der Waals surface area contributed by atoms with E-state index in [-0.39, 0.29) is 17.1 Å². The van der Waals surface area contributed by atoms with E-state index < -0.39 is 0 Å². The van der Waals surface area contributed by atoms with Crippen LogP contribution >= 0.6 is 12.6 Å². The third-order valence-corrected chi connectivity index (χ3v) is 3.39. The first kappa shape index (κ1) is 12.9. The molecule has 0 bridgehead atoms. The monoisotopic (exact) mass is 251 g/mol. The molecule has 0 radical (unpaired) electrons. The molecule has 0 aliphatic carbocycles. The number of thiol groups is 1. The molecule has 0 saturated carbocycles. The molecule has 2 N–H and O–H groups in total. The SMILES string of the molecule is CN1NC(S)NC1c1ccc(C(C)(C)C)cc1. The first-order valence-electron chi connectivity index (χ1n) is 5.91. The zero-order valence-electron chi connectivity index (χ0n) is 10.9. The summed E-state index contributed by atoms with van der Waals surface area (Å²) in [4.78, 5) is 0. The second-order valence-electron chi connectivity index (χ2n) is 5.58. The molecule has 1 fully saturated rings. The summed E-state index contributed by atoms with van der Waals surface area (Å²) in [5.41, 5.74) is 6.04. The smallest absolute Gasteiger partial charge is 0.117 e. The van der Waals surface area contributed by atoms with Gasteiger partial charge in [-0.05, 0) is 16.5 Å². The van der Waals surface area contributed by atoms with Crippen molar-refractivity contribution in [2.75, 3.05) is 7.05 Å². The molecule has 0 spiro atoms. The van der Waals surface area contributed by atoms with E-state index in [4.69, 9.17) is 0 Å². The summed E-state index contributed by atoms with van der Waals surface area (Å²) >= 11 is 4.36. The predicted octanol–water partition coefficient (Wildman–Crippen LogP) is 2.24.